The van der Waals surface area contributed by atoms with Crippen LogP contribution in [0.5, 0.6) is 0 Å². The van der Waals surface area contributed by atoms with Crippen LogP contribution in [0.15, 0.2) is 11.6 Å². The molecule has 4 saturated carbocycles. The molecule has 0 aliphatic heterocycles. The number of allylic oxidation sites excluding steroid dienone is 2. The van der Waals surface area contributed by atoms with Gasteiger partial charge in [0, 0.05) is 11.8 Å². The predicted octanol–water partition coefficient (Wildman–Crippen LogP) is 4.94. The lowest BCUT2D eigenvalue weighted by Gasteiger charge is -2.66. The molecule has 4 rings (SSSR count). The van der Waals surface area contributed by atoms with E-state index in [1.54, 1.807) is 0 Å². The van der Waals surface area contributed by atoms with Gasteiger partial charge in [-0.1, -0.05) is 53.2 Å². The third-order valence-electron chi connectivity index (χ3n) is 11.7. The van der Waals surface area contributed by atoms with Gasteiger partial charge in [-0.3, -0.25) is 0 Å². The molecular weight excluding hydrogens is 412 g/mol. The topological polar surface area (TPSA) is 80.9 Å². The summed E-state index contributed by atoms with van der Waals surface area (Å²) in [5, 5.41) is 44.8. The summed E-state index contributed by atoms with van der Waals surface area (Å²) in [6.07, 6.45) is 5.80. The first-order valence-corrected chi connectivity index (χ1v) is 13.7. The molecule has 0 saturated heterocycles. The van der Waals surface area contributed by atoms with Gasteiger partial charge in [-0.15, -0.1) is 0 Å². The van der Waals surface area contributed by atoms with Gasteiger partial charge in [0.2, 0.25) is 0 Å². The molecule has 12 unspecified atom stereocenters. The number of aliphatic hydroxyl groups excluding tert-OH is 3. The molecule has 4 N–H and O–H groups in total. The van der Waals surface area contributed by atoms with Crippen molar-refractivity contribution >= 4 is 0 Å². The highest BCUT2D eigenvalue weighted by Crippen LogP contribution is 2.69. The summed E-state index contributed by atoms with van der Waals surface area (Å²) < 4.78 is 0. The van der Waals surface area contributed by atoms with Crippen molar-refractivity contribution in [3.8, 4) is 0 Å². The quantitative estimate of drug-likeness (QED) is 0.446. The van der Waals surface area contributed by atoms with Gasteiger partial charge in [0.15, 0.2) is 0 Å². The highest BCUT2D eigenvalue weighted by molar-refractivity contribution is 5.20. The fraction of sp³-hybridized carbons (Fsp3) is 0.931. The van der Waals surface area contributed by atoms with E-state index in [1.165, 1.54) is 12.0 Å². The minimum Gasteiger partial charge on any atom is -0.393 e. The first-order valence-electron chi connectivity index (χ1n) is 13.7. The van der Waals surface area contributed by atoms with E-state index in [9.17, 15) is 20.4 Å². The molecular formula is C29H50O4. The van der Waals surface area contributed by atoms with Crippen LogP contribution in [0.4, 0.5) is 0 Å². The fourth-order valence-electron chi connectivity index (χ4n) is 9.49. The van der Waals surface area contributed by atoms with E-state index in [0.717, 1.165) is 12.8 Å². The maximum Gasteiger partial charge on any atom is 0.0986 e. The molecule has 0 aromatic carbocycles. The highest BCUT2D eigenvalue weighted by Gasteiger charge is 2.69. The normalized spacial score (nSPS) is 52.1. The molecule has 4 aliphatic carbocycles. The molecule has 4 nitrogen and oxygen atoms in total. The minimum atomic E-state index is -1.31. The molecule has 33 heavy (non-hydrogen) atoms. The third kappa shape index (κ3) is 3.77. The summed E-state index contributed by atoms with van der Waals surface area (Å²) in [5.41, 5.74) is -0.330. The van der Waals surface area contributed by atoms with Gasteiger partial charge >= 0.3 is 0 Å². The number of fused-ring (bicyclic) bond motifs is 5. The largest absolute Gasteiger partial charge is 0.393 e. The van der Waals surface area contributed by atoms with Crippen LogP contribution in [-0.2, 0) is 0 Å². The summed E-state index contributed by atoms with van der Waals surface area (Å²) in [6, 6.07) is 0. The van der Waals surface area contributed by atoms with Crippen LogP contribution < -0.4 is 0 Å². The Morgan fingerprint density at radius 3 is 2.27 bits per heavy atom. The Hall–Kier alpha value is -0.420. The first-order chi connectivity index (χ1) is 15.3. The molecule has 0 heterocycles. The van der Waals surface area contributed by atoms with Crippen molar-refractivity contribution in [1.82, 2.24) is 0 Å². The molecule has 0 aromatic rings. The van der Waals surface area contributed by atoms with Crippen molar-refractivity contribution in [3.63, 3.8) is 0 Å². The molecule has 12 atom stereocenters. The Balaban J connectivity index is 1.63. The van der Waals surface area contributed by atoms with E-state index < -0.39 is 29.3 Å². The number of hydrogen-bond donors (Lipinski definition) is 4. The van der Waals surface area contributed by atoms with Crippen molar-refractivity contribution in [3.05, 3.63) is 11.6 Å². The number of aliphatic hydroxyl groups is 4. The van der Waals surface area contributed by atoms with E-state index in [0.29, 0.717) is 48.9 Å². The molecule has 4 heteroatoms. The molecule has 0 radical (unpaired) electrons. The Morgan fingerprint density at radius 1 is 0.970 bits per heavy atom. The van der Waals surface area contributed by atoms with Gasteiger partial charge in [-0.05, 0) is 92.3 Å². The lowest BCUT2D eigenvalue weighted by atomic mass is 9.41. The van der Waals surface area contributed by atoms with E-state index in [4.69, 9.17) is 0 Å². The zero-order valence-electron chi connectivity index (χ0n) is 22.1. The highest BCUT2D eigenvalue weighted by atomic mass is 16.3. The molecule has 0 aromatic heterocycles. The zero-order valence-corrected chi connectivity index (χ0v) is 22.1. The maximum atomic E-state index is 11.7. The van der Waals surface area contributed by atoms with Crippen LogP contribution >= 0.6 is 0 Å². The number of hydrogen-bond acceptors (Lipinski definition) is 4. The third-order valence-corrected chi connectivity index (χ3v) is 11.7. The Labute approximate surface area is 201 Å². The second-order valence-corrected chi connectivity index (χ2v) is 13.5. The summed E-state index contributed by atoms with van der Waals surface area (Å²) in [6.45, 7) is 16.0. The average Bonchev–Trinajstić information content (AvgIpc) is 3.06. The maximum absolute atomic E-state index is 11.7. The van der Waals surface area contributed by atoms with Crippen molar-refractivity contribution in [1.29, 1.82) is 0 Å². The van der Waals surface area contributed by atoms with Crippen LogP contribution in [0.25, 0.3) is 0 Å². The Kier molecular flexibility index (Phi) is 6.69. The van der Waals surface area contributed by atoms with Crippen molar-refractivity contribution < 1.29 is 20.4 Å². The minimum absolute atomic E-state index is 0.0104. The van der Waals surface area contributed by atoms with Crippen LogP contribution in [0.1, 0.15) is 93.4 Å². The van der Waals surface area contributed by atoms with E-state index in [-0.39, 0.29) is 23.7 Å². The molecule has 0 amide bonds. The lowest BCUT2D eigenvalue weighted by Crippen LogP contribution is -2.71. The Bertz CT molecular complexity index is 763. The van der Waals surface area contributed by atoms with E-state index in [2.05, 4.69) is 54.5 Å². The molecule has 4 fully saturated rings. The molecule has 0 bridgehead atoms. The van der Waals surface area contributed by atoms with Gasteiger partial charge in [0.1, 0.15) is 0 Å². The molecule has 4 aliphatic rings. The van der Waals surface area contributed by atoms with Crippen LogP contribution in [0.2, 0.25) is 0 Å². The second-order valence-electron chi connectivity index (χ2n) is 13.5. The van der Waals surface area contributed by atoms with Crippen LogP contribution in [-0.4, -0.2) is 44.3 Å². The van der Waals surface area contributed by atoms with Crippen LogP contribution in [0.3, 0.4) is 0 Å². The van der Waals surface area contributed by atoms with E-state index >= 15 is 0 Å². The van der Waals surface area contributed by atoms with Gasteiger partial charge in [0.05, 0.1) is 23.9 Å². The van der Waals surface area contributed by atoms with Crippen molar-refractivity contribution in [2.75, 3.05) is 0 Å². The predicted molar refractivity (Wildman–Crippen MR) is 132 cm³/mol. The van der Waals surface area contributed by atoms with Gasteiger partial charge < -0.3 is 20.4 Å². The molecule has 0 spiro atoms. The van der Waals surface area contributed by atoms with Gasteiger partial charge in [-0.25, -0.2) is 0 Å². The average molecular weight is 463 g/mol. The summed E-state index contributed by atoms with van der Waals surface area (Å²) in [7, 11) is 0. The fourth-order valence-corrected chi connectivity index (χ4v) is 9.49. The smallest absolute Gasteiger partial charge is 0.0986 e. The van der Waals surface area contributed by atoms with Crippen LogP contribution in [0, 0.1) is 52.3 Å². The summed E-state index contributed by atoms with van der Waals surface area (Å²) in [5.74, 6) is 2.90. The summed E-state index contributed by atoms with van der Waals surface area (Å²) >= 11 is 0. The monoisotopic (exact) mass is 462 g/mol. The van der Waals surface area contributed by atoms with Gasteiger partial charge in [-0.2, -0.15) is 0 Å². The lowest BCUT2D eigenvalue weighted by molar-refractivity contribution is -0.282. The SMILES string of the molecule is CC(=CC(C)C1CCC2C3CC(O)C4(O)CC(O)CCC4(C)C3C(O)CC12C)C(C)C(C)C. The summed E-state index contributed by atoms with van der Waals surface area (Å²) in [4.78, 5) is 0. The van der Waals surface area contributed by atoms with E-state index in [1.807, 2.05) is 0 Å². The number of rotatable bonds is 4. The zero-order chi connectivity index (χ0) is 24.5. The first kappa shape index (κ1) is 25.7. The van der Waals surface area contributed by atoms with Crippen molar-refractivity contribution in [2.24, 2.45) is 52.3 Å². The molecule has 190 valence electrons. The van der Waals surface area contributed by atoms with Crippen molar-refractivity contribution in [2.45, 2.75) is 117 Å². The Morgan fingerprint density at radius 2 is 1.64 bits per heavy atom. The second kappa shape index (κ2) is 8.61. The van der Waals surface area contributed by atoms with Gasteiger partial charge in [0.25, 0.3) is 0 Å². The standard InChI is InChI=1S/C29H50O4/c1-16(2)19(5)17(3)12-18(4)22-8-9-23-21-13-25(32)29(33)14-20(30)10-11-28(29,7)26(21)24(31)15-27(22,23)6/h12,16,18-26,30-33H,8-11,13-15H2,1-7H3.